The van der Waals surface area contributed by atoms with Gasteiger partial charge in [0, 0.05) is 12.6 Å². The predicted molar refractivity (Wildman–Crippen MR) is 60.5 cm³/mol. The third-order valence-corrected chi connectivity index (χ3v) is 2.20. The van der Waals surface area contributed by atoms with Gasteiger partial charge in [0.2, 0.25) is 5.91 Å². The highest BCUT2D eigenvalue weighted by atomic mass is 16.3. The third kappa shape index (κ3) is 3.36. The van der Waals surface area contributed by atoms with Crippen LogP contribution in [0.5, 0.6) is 0 Å². The number of aliphatic hydroxyl groups excluding tert-OH is 1. The molecule has 0 aliphatic heterocycles. The lowest BCUT2D eigenvalue weighted by molar-refractivity contribution is -0.114. The molecule has 1 aromatic rings. The summed E-state index contributed by atoms with van der Waals surface area (Å²) in [6.07, 6.45) is -0.448. The topological polar surface area (TPSA) is 49.3 Å². The number of carbonyl (C=O) groups is 1. The molecule has 1 unspecified atom stereocenters. The number of nitrogens with one attached hydrogen (secondary N) is 1. The van der Waals surface area contributed by atoms with Gasteiger partial charge in [-0.15, -0.1) is 0 Å². The molecule has 1 atom stereocenters. The van der Waals surface area contributed by atoms with Crippen LogP contribution >= 0.6 is 0 Å². The molecule has 0 aliphatic carbocycles. The molecule has 0 spiro atoms. The minimum absolute atomic E-state index is 0.0906. The van der Waals surface area contributed by atoms with Crippen LogP contribution in [0.2, 0.25) is 0 Å². The zero-order valence-electron chi connectivity index (χ0n) is 9.32. The van der Waals surface area contributed by atoms with Crippen LogP contribution in [0.4, 0.5) is 5.69 Å². The van der Waals surface area contributed by atoms with Gasteiger partial charge in [-0.3, -0.25) is 4.79 Å². The molecule has 0 saturated carbocycles. The van der Waals surface area contributed by atoms with Gasteiger partial charge in [-0.05, 0) is 23.6 Å². The molecule has 0 fully saturated rings. The third-order valence-electron chi connectivity index (χ3n) is 2.20. The molecule has 1 aromatic carbocycles. The van der Waals surface area contributed by atoms with E-state index < -0.39 is 6.10 Å². The van der Waals surface area contributed by atoms with Crippen molar-refractivity contribution in [3.05, 3.63) is 29.8 Å². The molecule has 0 saturated heterocycles. The highest BCUT2D eigenvalue weighted by Gasteiger charge is 2.11. The Balaban J connectivity index is 2.76. The lowest BCUT2D eigenvalue weighted by atomic mass is 9.99. The van der Waals surface area contributed by atoms with Crippen molar-refractivity contribution in [1.29, 1.82) is 0 Å². The standard InChI is InChI=1S/C12H17NO2/c1-8(2)12(15)10-4-6-11(7-5-10)13-9(3)14/h4-8,12,15H,1-3H3,(H,13,14). The van der Waals surface area contributed by atoms with Gasteiger partial charge >= 0.3 is 0 Å². The van der Waals surface area contributed by atoms with Crippen molar-refractivity contribution in [3.8, 4) is 0 Å². The Bertz CT molecular complexity index is 330. The lowest BCUT2D eigenvalue weighted by Crippen LogP contribution is -2.07. The molecule has 0 aliphatic rings. The summed E-state index contributed by atoms with van der Waals surface area (Å²) in [7, 11) is 0. The maximum absolute atomic E-state index is 10.8. The molecule has 1 amide bonds. The van der Waals surface area contributed by atoms with E-state index in [4.69, 9.17) is 0 Å². The molecule has 0 aromatic heterocycles. The van der Waals surface area contributed by atoms with E-state index >= 15 is 0 Å². The summed E-state index contributed by atoms with van der Waals surface area (Å²) < 4.78 is 0. The molecule has 82 valence electrons. The summed E-state index contributed by atoms with van der Waals surface area (Å²) in [4.78, 5) is 10.8. The van der Waals surface area contributed by atoms with Crippen LogP contribution in [-0.4, -0.2) is 11.0 Å². The van der Waals surface area contributed by atoms with Gasteiger partial charge in [0.1, 0.15) is 0 Å². The van der Waals surface area contributed by atoms with E-state index in [2.05, 4.69) is 5.32 Å². The van der Waals surface area contributed by atoms with Crippen molar-refractivity contribution < 1.29 is 9.90 Å². The van der Waals surface area contributed by atoms with E-state index in [-0.39, 0.29) is 11.8 Å². The number of rotatable bonds is 3. The fraction of sp³-hybridized carbons (Fsp3) is 0.417. The normalized spacial score (nSPS) is 12.6. The molecule has 0 heterocycles. The lowest BCUT2D eigenvalue weighted by Gasteiger charge is -2.15. The maximum atomic E-state index is 10.8. The molecule has 1 rings (SSSR count). The van der Waals surface area contributed by atoms with Gasteiger partial charge in [0.25, 0.3) is 0 Å². The van der Waals surface area contributed by atoms with Gasteiger partial charge in [0.15, 0.2) is 0 Å². The first-order valence-electron chi connectivity index (χ1n) is 5.06. The Labute approximate surface area is 90.1 Å². The van der Waals surface area contributed by atoms with E-state index in [1.807, 2.05) is 26.0 Å². The number of hydrogen-bond donors (Lipinski definition) is 2. The number of hydrogen-bond acceptors (Lipinski definition) is 2. The molecule has 3 nitrogen and oxygen atoms in total. The number of benzene rings is 1. The van der Waals surface area contributed by atoms with Crippen molar-refractivity contribution in [2.45, 2.75) is 26.9 Å². The van der Waals surface area contributed by atoms with Crippen molar-refractivity contribution in [1.82, 2.24) is 0 Å². The van der Waals surface area contributed by atoms with E-state index in [9.17, 15) is 9.90 Å². The first-order valence-corrected chi connectivity index (χ1v) is 5.06. The van der Waals surface area contributed by atoms with Gasteiger partial charge in [-0.1, -0.05) is 26.0 Å². The Kier molecular flexibility index (Phi) is 3.86. The minimum Gasteiger partial charge on any atom is -0.388 e. The van der Waals surface area contributed by atoms with Gasteiger partial charge in [-0.25, -0.2) is 0 Å². The first-order chi connectivity index (χ1) is 7.00. The largest absolute Gasteiger partial charge is 0.388 e. The summed E-state index contributed by atoms with van der Waals surface area (Å²) in [6, 6.07) is 7.25. The zero-order chi connectivity index (χ0) is 11.4. The molecule has 0 radical (unpaired) electrons. The number of aliphatic hydroxyl groups is 1. The Morgan fingerprint density at radius 3 is 2.20 bits per heavy atom. The maximum Gasteiger partial charge on any atom is 0.221 e. The van der Waals surface area contributed by atoms with Gasteiger partial charge in [-0.2, -0.15) is 0 Å². The Hall–Kier alpha value is -1.35. The van der Waals surface area contributed by atoms with Crippen molar-refractivity contribution in [3.63, 3.8) is 0 Å². The number of carbonyl (C=O) groups excluding carboxylic acids is 1. The monoisotopic (exact) mass is 207 g/mol. The molecular formula is C12H17NO2. The van der Waals surface area contributed by atoms with Crippen LogP contribution in [0.15, 0.2) is 24.3 Å². The van der Waals surface area contributed by atoms with Crippen LogP contribution in [0.1, 0.15) is 32.4 Å². The summed E-state index contributed by atoms with van der Waals surface area (Å²) >= 11 is 0. The number of amides is 1. The zero-order valence-corrected chi connectivity index (χ0v) is 9.32. The van der Waals surface area contributed by atoms with Crippen molar-refractivity contribution in [2.24, 2.45) is 5.92 Å². The van der Waals surface area contributed by atoms with Crippen LogP contribution in [0.25, 0.3) is 0 Å². The van der Waals surface area contributed by atoms with Crippen LogP contribution in [-0.2, 0) is 4.79 Å². The van der Waals surface area contributed by atoms with Crippen molar-refractivity contribution in [2.75, 3.05) is 5.32 Å². The molecule has 3 heteroatoms. The average molecular weight is 207 g/mol. The number of anilines is 1. The second-order valence-corrected chi connectivity index (χ2v) is 3.99. The summed E-state index contributed by atoms with van der Waals surface area (Å²) in [5, 5.41) is 12.5. The molecule has 2 N–H and O–H groups in total. The summed E-state index contributed by atoms with van der Waals surface area (Å²) in [6.45, 7) is 5.40. The Morgan fingerprint density at radius 2 is 1.80 bits per heavy atom. The van der Waals surface area contributed by atoms with Gasteiger partial charge < -0.3 is 10.4 Å². The van der Waals surface area contributed by atoms with E-state index in [0.717, 1.165) is 11.3 Å². The second kappa shape index (κ2) is 4.94. The van der Waals surface area contributed by atoms with Crippen molar-refractivity contribution >= 4 is 11.6 Å². The molecular weight excluding hydrogens is 190 g/mol. The second-order valence-electron chi connectivity index (χ2n) is 3.99. The van der Waals surface area contributed by atoms with E-state index in [0.29, 0.717) is 0 Å². The van der Waals surface area contributed by atoms with E-state index in [1.54, 1.807) is 12.1 Å². The first kappa shape index (κ1) is 11.7. The van der Waals surface area contributed by atoms with Gasteiger partial charge in [0.05, 0.1) is 6.10 Å². The highest BCUT2D eigenvalue weighted by Crippen LogP contribution is 2.22. The fourth-order valence-corrected chi connectivity index (χ4v) is 1.35. The minimum atomic E-state index is -0.448. The molecule has 0 bridgehead atoms. The SMILES string of the molecule is CC(=O)Nc1ccc(C(O)C(C)C)cc1. The quantitative estimate of drug-likeness (QED) is 0.799. The highest BCUT2D eigenvalue weighted by molar-refractivity contribution is 5.88. The van der Waals surface area contributed by atoms with Crippen LogP contribution < -0.4 is 5.32 Å². The van der Waals surface area contributed by atoms with Crippen LogP contribution in [0.3, 0.4) is 0 Å². The summed E-state index contributed by atoms with van der Waals surface area (Å²) in [5.74, 6) is 0.101. The average Bonchev–Trinajstić information content (AvgIpc) is 2.17. The van der Waals surface area contributed by atoms with Crippen LogP contribution in [0, 0.1) is 5.92 Å². The fourth-order valence-electron chi connectivity index (χ4n) is 1.35. The predicted octanol–water partition coefficient (Wildman–Crippen LogP) is 2.33. The summed E-state index contributed by atoms with van der Waals surface area (Å²) in [5.41, 5.74) is 1.63. The smallest absolute Gasteiger partial charge is 0.221 e. The van der Waals surface area contributed by atoms with E-state index in [1.165, 1.54) is 6.92 Å². The Morgan fingerprint density at radius 1 is 1.27 bits per heavy atom. The molecule has 15 heavy (non-hydrogen) atoms.